The first kappa shape index (κ1) is 23.3. The second-order valence-electron chi connectivity index (χ2n) is 7.09. The molecule has 0 aliphatic carbocycles. The van der Waals surface area contributed by atoms with Gasteiger partial charge in [0.1, 0.15) is 0 Å². The van der Waals surface area contributed by atoms with Crippen LogP contribution < -0.4 is 5.32 Å². The van der Waals surface area contributed by atoms with E-state index < -0.39 is 0 Å². The zero-order valence-corrected chi connectivity index (χ0v) is 19.5. The van der Waals surface area contributed by atoms with Crippen molar-refractivity contribution in [1.29, 1.82) is 0 Å². The van der Waals surface area contributed by atoms with E-state index in [0.29, 0.717) is 35.8 Å². The molecule has 0 saturated carbocycles. The molecule has 1 heterocycles. The number of nitrogens with zero attached hydrogens (tertiary/aromatic N) is 3. The van der Waals surface area contributed by atoms with Gasteiger partial charge in [-0.25, -0.2) is 0 Å². The van der Waals surface area contributed by atoms with Crippen molar-refractivity contribution in [2.75, 3.05) is 19.8 Å². The van der Waals surface area contributed by atoms with Gasteiger partial charge in [0.2, 0.25) is 5.91 Å². The Morgan fingerprint density at radius 2 is 1.87 bits per heavy atom. The van der Waals surface area contributed by atoms with Crippen LogP contribution in [-0.4, -0.2) is 45.7 Å². The van der Waals surface area contributed by atoms with Gasteiger partial charge in [0, 0.05) is 36.0 Å². The van der Waals surface area contributed by atoms with Gasteiger partial charge in [0.15, 0.2) is 11.0 Å². The molecular formula is C23H27ClN4O2S. The smallest absolute Gasteiger partial charge is 0.233 e. The van der Waals surface area contributed by atoms with Gasteiger partial charge < -0.3 is 10.1 Å². The molecule has 31 heavy (non-hydrogen) atoms. The summed E-state index contributed by atoms with van der Waals surface area (Å²) < 4.78 is 7.29. The van der Waals surface area contributed by atoms with Gasteiger partial charge in [0.25, 0.3) is 0 Å². The Hall–Kier alpha value is -2.35. The number of carbonyl (C=O) groups is 1. The molecule has 1 atom stereocenters. The first-order valence-corrected chi connectivity index (χ1v) is 11.6. The number of hydrogen-bond acceptors (Lipinski definition) is 5. The molecule has 1 amide bonds. The largest absolute Gasteiger partial charge is 0.382 e. The van der Waals surface area contributed by atoms with Gasteiger partial charge in [0.05, 0.1) is 5.25 Å². The Morgan fingerprint density at radius 3 is 2.55 bits per heavy atom. The van der Waals surface area contributed by atoms with Crippen molar-refractivity contribution in [1.82, 2.24) is 20.1 Å². The Kier molecular flexibility index (Phi) is 8.51. The lowest BCUT2D eigenvalue weighted by Crippen LogP contribution is -2.32. The lowest BCUT2D eigenvalue weighted by atomic mass is 10.2. The third-order valence-corrected chi connectivity index (χ3v) is 5.94. The van der Waals surface area contributed by atoms with Gasteiger partial charge in [-0.2, -0.15) is 0 Å². The second-order valence-corrected chi connectivity index (χ2v) is 8.83. The van der Waals surface area contributed by atoms with Crippen LogP contribution in [0.25, 0.3) is 17.1 Å². The fourth-order valence-corrected chi connectivity index (χ4v) is 3.96. The molecule has 0 spiro atoms. The van der Waals surface area contributed by atoms with Gasteiger partial charge in [-0.1, -0.05) is 41.1 Å². The highest BCUT2D eigenvalue weighted by Gasteiger charge is 2.21. The maximum Gasteiger partial charge on any atom is 0.233 e. The summed E-state index contributed by atoms with van der Waals surface area (Å²) in [7, 11) is 0. The van der Waals surface area contributed by atoms with E-state index in [1.54, 1.807) is 0 Å². The predicted molar refractivity (Wildman–Crippen MR) is 126 cm³/mol. The Morgan fingerprint density at radius 1 is 1.16 bits per heavy atom. The van der Waals surface area contributed by atoms with Crippen LogP contribution in [0, 0.1) is 6.92 Å². The van der Waals surface area contributed by atoms with Crippen molar-refractivity contribution >= 4 is 29.3 Å². The highest BCUT2D eigenvalue weighted by molar-refractivity contribution is 8.00. The number of ether oxygens (including phenoxy) is 1. The van der Waals surface area contributed by atoms with Crippen molar-refractivity contribution in [3.05, 3.63) is 59.1 Å². The monoisotopic (exact) mass is 458 g/mol. The van der Waals surface area contributed by atoms with E-state index in [9.17, 15) is 4.79 Å². The van der Waals surface area contributed by atoms with Crippen molar-refractivity contribution in [2.24, 2.45) is 0 Å². The second kappa shape index (κ2) is 11.3. The highest BCUT2D eigenvalue weighted by atomic mass is 35.5. The van der Waals surface area contributed by atoms with Crippen LogP contribution in [0.4, 0.5) is 0 Å². The molecule has 3 aromatic rings. The van der Waals surface area contributed by atoms with E-state index >= 15 is 0 Å². The quantitative estimate of drug-likeness (QED) is 0.345. The van der Waals surface area contributed by atoms with Crippen molar-refractivity contribution < 1.29 is 9.53 Å². The zero-order chi connectivity index (χ0) is 22.2. The topological polar surface area (TPSA) is 69.0 Å². The van der Waals surface area contributed by atoms with Gasteiger partial charge >= 0.3 is 0 Å². The van der Waals surface area contributed by atoms with Crippen molar-refractivity contribution in [2.45, 2.75) is 37.6 Å². The average molecular weight is 459 g/mol. The molecule has 8 heteroatoms. The summed E-state index contributed by atoms with van der Waals surface area (Å²) in [6, 6.07) is 15.6. The third kappa shape index (κ3) is 6.32. The highest BCUT2D eigenvalue weighted by Crippen LogP contribution is 2.30. The molecule has 0 bridgehead atoms. The Balaban J connectivity index is 1.82. The van der Waals surface area contributed by atoms with Crippen molar-refractivity contribution in [3.63, 3.8) is 0 Å². The number of benzene rings is 2. The SMILES string of the molecule is CCOCCCNC(=O)C(C)Sc1nnc(-c2ccc(Cl)cc2)n1-c1ccc(C)cc1. The predicted octanol–water partition coefficient (Wildman–Crippen LogP) is 4.92. The molecule has 6 nitrogen and oxygen atoms in total. The van der Waals surface area contributed by atoms with Crippen LogP contribution >= 0.6 is 23.4 Å². The molecule has 1 aromatic heterocycles. The summed E-state index contributed by atoms with van der Waals surface area (Å²) in [6.07, 6.45) is 0.789. The summed E-state index contributed by atoms with van der Waals surface area (Å²) >= 11 is 7.44. The minimum absolute atomic E-state index is 0.0343. The van der Waals surface area contributed by atoms with Crippen LogP contribution in [0.1, 0.15) is 25.8 Å². The van der Waals surface area contributed by atoms with Gasteiger partial charge in [-0.3, -0.25) is 9.36 Å². The number of carbonyl (C=O) groups excluding carboxylic acids is 1. The maximum absolute atomic E-state index is 12.5. The van der Waals surface area contributed by atoms with Gasteiger partial charge in [-0.15, -0.1) is 10.2 Å². The number of aromatic nitrogens is 3. The first-order chi connectivity index (χ1) is 15.0. The molecule has 1 unspecified atom stereocenters. The molecule has 3 rings (SSSR count). The van der Waals surface area contributed by atoms with Crippen LogP contribution in [0.5, 0.6) is 0 Å². The molecule has 0 fully saturated rings. The number of aryl methyl sites for hydroxylation is 1. The summed E-state index contributed by atoms with van der Waals surface area (Å²) in [5, 5.41) is 12.8. The Labute approximate surface area is 192 Å². The minimum atomic E-state index is -0.321. The van der Waals surface area contributed by atoms with Crippen LogP contribution in [0.15, 0.2) is 53.7 Å². The average Bonchev–Trinajstić information content (AvgIpc) is 3.18. The van der Waals surface area contributed by atoms with E-state index in [4.69, 9.17) is 16.3 Å². The summed E-state index contributed by atoms with van der Waals surface area (Å²) in [5.41, 5.74) is 3.00. The molecule has 1 N–H and O–H groups in total. The number of amides is 1. The van der Waals surface area contributed by atoms with E-state index in [0.717, 1.165) is 17.7 Å². The number of hydrogen-bond donors (Lipinski definition) is 1. The molecule has 0 aliphatic heterocycles. The molecule has 0 saturated heterocycles. The maximum atomic E-state index is 12.5. The first-order valence-electron chi connectivity index (χ1n) is 10.3. The molecular weight excluding hydrogens is 432 g/mol. The van der Waals surface area contributed by atoms with E-state index in [1.807, 2.05) is 73.9 Å². The van der Waals surface area contributed by atoms with E-state index in [2.05, 4.69) is 15.5 Å². The number of thioether (sulfide) groups is 1. The lowest BCUT2D eigenvalue weighted by molar-refractivity contribution is -0.120. The number of nitrogens with one attached hydrogen (secondary N) is 1. The van der Waals surface area contributed by atoms with Gasteiger partial charge in [-0.05, 0) is 63.6 Å². The number of rotatable bonds is 10. The standard InChI is InChI=1S/C23H27ClN4O2S/c1-4-30-15-5-14-25-22(29)17(3)31-23-27-26-21(18-8-10-19(24)11-9-18)28(23)20-12-6-16(2)7-13-20/h6-13,17H,4-5,14-15H2,1-3H3,(H,25,29). The molecule has 164 valence electrons. The van der Waals surface area contributed by atoms with E-state index in [1.165, 1.54) is 17.3 Å². The zero-order valence-electron chi connectivity index (χ0n) is 18.0. The van der Waals surface area contributed by atoms with Crippen LogP contribution in [0.2, 0.25) is 5.02 Å². The fraction of sp³-hybridized carbons (Fsp3) is 0.348. The summed E-state index contributed by atoms with van der Waals surface area (Å²) in [4.78, 5) is 12.5. The van der Waals surface area contributed by atoms with Crippen molar-refractivity contribution in [3.8, 4) is 17.1 Å². The third-order valence-electron chi connectivity index (χ3n) is 4.65. The van der Waals surface area contributed by atoms with Crippen LogP contribution in [-0.2, 0) is 9.53 Å². The summed E-state index contributed by atoms with van der Waals surface area (Å²) in [6.45, 7) is 7.79. The molecule has 0 radical (unpaired) electrons. The van der Waals surface area contributed by atoms with E-state index in [-0.39, 0.29) is 11.2 Å². The summed E-state index contributed by atoms with van der Waals surface area (Å²) in [5.74, 6) is 0.667. The molecule has 2 aromatic carbocycles. The normalized spacial score (nSPS) is 12.0. The number of halogens is 1. The molecule has 0 aliphatic rings. The lowest BCUT2D eigenvalue weighted by Gasteiger charge is -2.14. The Bertz CT molecular complexity index is 990. The minimum Gasteiger partial charge on any atom is -0.382 e. The van der Waals surface area contributed by atoms with Crippen LogP contribution in [0.3, 0.4) is 0 Å². The fourth-order valence-electron chi connectivity index (χ4n) is 2.94.